The number of benzene rings is 3. The van der Waals surface area contributed by atoms with Gasteiger partial charge < -0.3 is 29.7 Å². The lowest BCUT2D eigenvalue weighted by molar-refractivity contribution is -0.136. The summed E-state index contributed by atoms with van der Waals surface area (Å²) in [5, 5.41) is 6.48. The van der Waals surface area contributed by atoms with Crippen molar-refractivity contribution < 1.29 is 28.2 Å². The molecule has 2 N–H and O–H groups in total. The summed E-state index contributed by atoms with van der Waals surface area (Å²) in [5.41, 5.74) is 1.19. The Labute approximate surface area is 256 Å². The van der Waals surface area contributed by atoms with Crippen LogP contribution in [-0.4, -0.2) is 63.7 Å². The molecule has 0 aromatic heterocycles. The average Bonchev–Trinajstić information content (AvgIpc) is 3.04. The minimum Gasteiger partial charge on any atom is -0.493 e. The summed E-state index contributed by atoms with van der Waals surface area (Å²) in [4.78, 5) is 31.7. The summed E-state index contributed by atoms with van der Waals surface area (Å²) in [6.45, 7) is 5.47. The van der Waals surface area contributed by atoms with E-state index in [-0.39, 0.29) is 17.4 Å². The third-order valence-corrected chi connectivity index (χ3v) is 8.08. The van der Waals surface area contributed by atoms with Gasteiger partial charge in [0.25, 0.3) is 0 Å². The van der Waals surface area contributed by atoms with Crippen molar-refractivity contribution in [2.24, 2.45) is 10.9 Å². The van der Waals surface area contributed by atoms with Crippen LogP contribution in [0.1, 0.15) is 37.7 Å². The molecule has 1 unspecified atom stereocenters. The number of amides is 2. The molecule has 0 saturated carbocycles. The fourth-order valence-corrected chi connectivity index (χ4v) is 5.34. The molecule has 232 valence electrons. The molecule has 3 aromatic rings. The lowest BCUT2D eigenvalue weighted by atomic mass is 9.98. The van der Waals surface area contributed by atoms with Gasteiger partial charge in [0, 0.05) is 42.5 Å². The van der Waals surface area contributed by atoms with Gasteiger partial charge in [-0.3, -0.25) is 14.6 Å². The number of carbonyl (C=O) groups is 2. The maximum atomic E-state index is 15.1. The fourth-order valence-electron chi connectivity index (χ4n) is 5.34. The normalized spacial score (nSPS) is 15.9. The predicted molar refractivity (Wildman–Crippen MR) is 166 cm³/mol. The van der Waals surface area contributed by atoms with Crippen LogP contribution < -0.4 is 35.4 Å². The smallest absolute Gasteiger partial charge is 0.313 e. The first kappa shape index (κ1) is 31.0. The van der Waals surface area contributed by atoms with E-state index in [0.29, 0.717) is 59.9 Å². The number of likely N-dealkylation sites (tertiary alicyclic amines) is 1. The maximum Gasteiger partial charge on any atom is 0.313 e. The molecule has 0 aliphatic carbocycles. The molecule has 2 aliphatic heterocycles. The second kappa shape index (κ2) is 14.4. The lowest BCUT2D eigenvalue weighted by Crippen LogP contribution is -2.37. The zero-order chi connectivity index (χ0) is 31.1. The Hall–Kier alpha value is -4.44. The molecule has 1 atom stereocenters. The molecule has 5 rings (SSSR count). The van der Waals surface area contributed by atoms with Gasteiger partial charge in [0.05, 0.1) is 19.1 Å². The Balaban J connectivity index is 1.23. The molecule has 3 aromatic carbocycles. The van der Waals surface area contributed by atoms with E-state index in [1.54, 1.807) is 7.11 Å². The number of anilines is 1. The van der Waals surface area contributed by atoms with Gasteiger partial charge in [0.2, 0.25) is 0 Å². The van der Waals surface area contributed by atoms with Crippen LogP contribution in [0.4, 0.5) is 10.1 Å². The summed E-state index contributed by atoms with van der Waals surface area (Å²) < 4.78 is 32.9. The van der Waals surface area contributed by atoms with Gasteiger partial charge in [-0.2, -0.15) is 0 Å². The summed E-state index contributed by atoms with van der Waals surface area (Å²) in [6.07, 6.45) is 2.66. The van der Waals surface area contributed by atoms with Crippen LogP contribution in [0.3, 0.4) is 0 Å². The van der Waals surface area contributed by atoms with E-state index in [0.717, 1.165) is 37.6 Å². The first-order valence-corrected chi connectivity index (χ1v) is 15.0. The molecule has 1 saturated heterocycles. The zero-order valence-electron chi connectivity index (χ0n) is 25.4. The van der Waals surface area contributed by atoms with E-state index in [4.69, 9.17) is 14.2 Å². The van der Waals surface area contributed by atoms with Crippen molar-refractivity contribution in [3.05, 3.63) is 82.6 Å². The second-order valence-corrected chi connectivity index (χ2v) is 11.4. The molecular formula is C34H39FN4O5. The Morgan fingerprint density at radius 2 is 1.80 bits per heavy atom. The number of rotatable bonds is 10. The molecular weight excluding hydrogens is 563 g/mol. The highest BCUT2D eigenvalue weighted by Crippen LogP contribution is 2.28. The highest BCUT2D eigenvalue weighted by Gasteiger charge is 2.20. The van der Waals surface area contributed by atoms with Crippen molar-refractivity contribution >= 4 is 23.3 Å². The summed E-state index contributed by atoms with van der Waals surface area (Å²) in [7, 11) is 3.72. The number of nitrogens with zero attached hydrogens (tertiary/aromatic N) is 2. The van der Waals surface area contributed by atoms with E-state index in [1.807, 2.05) is 49.4 Å². The van der Waals surface area contributed by atoms with E-state index in [1.165, 1.54) is 12.1 Å². The van der Waals surface area contributed by atoms with Crippen LogP contribution in [0.2, 0.25) is 0 Å². The predicted octanol–water partition coefficient (Wildman–Crippen LogP) is 3.62. The third-order valence-electron chi connectivity index (χ3n) is 8.08. The number of hydrogen-bond acceptors (Lipinski definition) is 7. The van der Waals surface area contributed by atoms with Crippen molar-refractivity contribution in [3.8, 4) is 17.2 Å². The average molecular weight is 603 g/mol. The van der Waals surface area contributed by atoms with Crippen LogP contribution in [-0.2, 0) is 9.59 Å². The second-order valence-electron chi connectivity index (χ2n) is 11.4. The van der Waals surface area contributed by atoms with Crippen LogP contribution in [0.15, 0.2) is 65.7 Å². The van der Waals surface area contributed by atoms with E-state index >= 15 is 4.39 Å². The Morgan fingerprint density at radius 1 is 1.02 bits per heavy atom. The minimum absolute atomic E-state index is 0.00598. The van der Waals surface area contributed by atoms with Crippen LogP contribution >= 0.6 is 0 Å². The molecule has 0 spiro atoms. The highest BCUT2D eigenvalue weighted by molar-refractivity contribution is 6.39. The quantitative estimate of drug-likeness (QED) is 0.344. The van der Waals surface area contributed by atoms with E-state index < -0.39 is 17.6 Å². The molecule has 2 aliphatic rings. The number of piperidine rings is 1. The van der Waals surface area contributed by atoms with Crippen molar-refractivity contribution in [2.75, 3.05) is 52.3 Å². The number of nitrogens with one attached hydrogen (secondary N) is 2. The van der Waals surface area contributed by atoms with Crippen molar-refractivity contribution in [1.82, 2.24) is 10.2 Å². The first-order valence-electron chi connectivity index (χ1n) is 15.0. The van der Waals surface area contributed by atoms with Crippen molar-refractivity contribution in [3.63, 3.8) is 0 Å². The van der Waals surface area contributed by atoms with Crippen molar-refractivity contribution in [2.45, 2.75) is 32.1 Å². The molecule has 44 heavy (non-hydrogen) atoms. The number of halogens is 1. The molecule has 0 radical (unpaired) electrons. The van der Waals surface area contributed by atoms with Crippen LogP contribution in [0.25, 0.3) is 5.76 Å². The number of methoxy groups -OCH3 is 1. The van der Waals surface area contributed by atoms with Gasteiger partial charge in [0.15, 0.2) is 23.1 Å². The maximum absolute atomic E-state index is 15.1. The van der Waals surface area contributed by atoms with Gasteiger partial charge in [-0.25, -0.2) is 4.39 Å². The number of carbonyl (C=O) groups excluding carboxylic acids is 2. The molecule has 9 nitrogen and oxygen atoms in total. The molecule has 1 fully saturated rings. The minimum atomic E-state index is -0.878. The number of ether oxygens (including phenoxy) is 3. The van der Waals surface area contributed by atoms with Crippen LogP contribution in [0.5, 0.6) is 17.2 Å². The monoisotopic (exact) mass is 602 g/mol. The summed E-state index contributed by atoms with van der Waals surface area (Å²) in [6, 6.07) is 17.4. The van der Waals surface area contributed by atoms with E-state index in [9.17, 15) is 9.59 Å². The third kappa shape index (κ3) is 7.74. The highest BCUT2D eigenvalue weighted by atomic mass is 19.1. The topological polar surface area (TPSA) is 101 Å². The number of hydrogen-bond donors (Lipinski definition) is 2. The van der Waals surface area contributed by atoms with Crippen LogP contribution in [0, 0.1) is 11.7 Å². The van der Waals surface area contributed by atoms with Gasteiger partial charge in [0.1, 0.15) is 5.76 Å². The fraction of sp³-hybridized carbons (Fsp3) is 0.382. The summed E-state index contributed by atoms with van der Waals surface area (Å²) >= 11 is 0. The zero-order valence-corrected chi connectivity index (χ0v) is 25.4. The molecule has 0 bridgehead atoms. The summed E-state index contributed by atoms with van der Waals surface area (Å²) in [5.74, 6) is -0.103. The molecule has 2 amide bonds. The van der Waals surface area contributed by atoms with Gasteiger partial charge >= 0.3 is 11.8 Å². The van der Waals surface area contributed by atoms with E-state index in [2.05, 4.69) is 27.6 Å². The van der Waals surface area contributed by atoms with Gasteiger partial charge in [-0.1, -0.05) is 37.3 Å². The van der Waals surface area contributed by atoms with Gasteiger partial charge in [-0.15, -0.1) is 0 Å². The SMILES string of the molecule is COc1cc2c(cc1OCC1CCN(C)CC1)=NCCC=2Oc1ccc(NC(=O)C(=O)NCC(C)c2ccccc2)cc1F. The first-order chi connectivity index (χ1) is 21.3. The largest absolute Gasteiger partial charge is 0.493 e. The van der Waals surface area contributed by atoms with Crippen molar-refractivity contribution in [1.29, 1.82) is 0 Å². The molecule has 2 heterocycles. The van der Waals surface area contributed by atoms with Gasteiger partial charge in [-0.05, 0) is 68.6 Å². The number of fused-ring (bicyclic) bond motifs is 1. The Bertz CT molecular complexity index is 1610. The Morgan fingerprint density at radius 3 is 2.52 bits per heavy atom. The molecule has 10 heteroatoms. The lowest BCUT2D eigenvalue weighted by Gasteiger charge is -2.28. The standard InChI is InChI=1S/C34H39FN4O5/c1-22(24-7-5-4-6-8-24)20-37-33(40)34(41)38-25-9-10-30(27(35)17-25)44-29-11-14-36-28-19-32(31(42-3)18-26(28)29)43-21-23-12-15-39(2)16-13-23/h4-10,17-19,22-23H,11-16,20-21H2,1-3H3,(H,37,40)(H,38,41). The Kier molecular flexibility index (Phi) is 10.1.